The van der Waals surface area contributed by atoms with Crippen LogP contribution < -0.4 is 0 Å². The Balaban J connectivity index is 2.34. The summed E-state index contributed by atoms with van der Waals surface area (Å²) >= 11 is 0. The first-order valence-corrected chi connectivity index (χ1v) is 4.32. The first kappa shape index (κ1) is 6.71. The molecule has 64 valence electrons. The second-order valence-electron chi connectivity index (χ2n) is 3.15. The fraction of sp³-hybridized carbons (Fsp3) is 0.100. The van der Waals surface area contributed by atoms with Gasteiger partial charge in [0.2, 0.25) is 0 Å². The quantitative estimate of drug-likeness (QED) is 0.644. The molecule has 3 heterocycles. The summed E-state index contributed by atoms with van der Waals surface area (Å²) in [4.78, 5) is 0. The highest BCUT2D eigenvalue weighted by Gasteiger charge is 2.10. The van der Waals surface area contributed by atoms with Gasteiger partial charge < -0.3 is 4.57 Å². The van der Waals surface area contributed by atoms with Gasteiger partial charge in [0.25, 0.3) is 0 Å². The van der Waals surface area contributed by atoms with Gasteiger partial charge in [0.1, 0.15) is 5.82 Å². The molecule has 2 aromatic rings. The zero-order valence-electron chi connectivity index (χ0n) is 7.07. The summed E-state index contributed by atoms with van der Waals surface area (Å²) in [5.74, 6) is 1.09. The van der Waals surface area contributed by atoms with Crippen molar-refractivity contribution in [2.75, 3.05) is 0 Å². The molecule has 1 aliphatic heterocycles. The minimum atomic E-state index is 0.952. The predicted octanol–water partition coefficient (Wildman–Crippen LogP) is 1.77. The highest BCUT2D eigenvalue weighted by atomic mass is 15.2. The molecule has 0 atom stereocenters. The second-order valence-corrected chi connectivity index (χ2v) is 3.15. The molecule has 0 aliphatic carbocycles. The Labute approximate surface area is 75.7 Å². The molecule has 0 unspecified atom stereocenters. The summed E-state index contributed by atoms with van der Waals surface area (Å²) in [7, 11) is 0. The van der Waals surface area contributed by atoms with Gasteiger partial charge in [0.05, 0.1) is 6.20 Å². The van der Waals surface area contributed by atoms with Crippen LogP contribution in [0.4, 0.5) is 0 Å². The molecule has 0 aromatic carbocycles. The standard InChI is InChI=1S/C10H9N3/c1-3-8-7-11-12-10(8)13-6-2-5-9(13)4-1/h1-2,4-7H,3H2,(H,11,12). The maximum Gasteiger partial charge on any atom is 0.136 e. The first-order chi connectivity index (χ1) is 6.45. The predicted molar refractivity (Wildman–Crippen MR) is 50.7 cm³/mol. The fourth-order valence-corrected chi connectivity index (χ4v) is 1.70. The van der Waals surface area contributed by atoms with Crippen LogP contribution in [0.5, 0.6) is 0 Å². The van der Waals surface area contributed by atoms with Gasteiger partial charge in [-0.3, -0.25) is 5.10 Å². The van der Waals surface area contributed by atoms with Gasteiger partial charge in [-0.2, -0.15) is 5.10 Å². The number of H-pyrrole nitrogens is 1. The number of allylic oxidation sites excluding steroid dienone is 1. The molecule has 3 rings (SSSR count). The lowest BCUT2D eigenvalue weighted by Crippen LogP contribution is -1.96. The molecule has 2 aromatic heterocycles. The van der Waals surface area contributed by atoms with Crippen molar-refractivity contribution >= 4 is 6.08 Å². The highest BCUT2D eigenvalue weighted by molar-refractivity contribution is 5.54. The molecule has 0 bridgehead atoms. The Morgan fingerprint density at radius 3 is 3.46 bits per heavy atom. The third-order valence-corrected chi connectivity index (χ3v) is 2.34. The van der Waals surface area contributed by atoms with Crippen molar-refractivity contribution < 1.29 is 0 Å². The minimum Gasteiger partial charge on any atom is -0.302 e. The lowest BCUT2D eigenvalue weighted by Gasteiger charge is -2.02. The largest absolute Gasteiger partial charge is 0.302 e. The van der Waals surface area contributed by atoms with Crippen molar-refractivity contribution in [1.82, 2.24) is 14.8 Å². The molecule has 3 heteroatoms. The number of aromatic amines is 1. The van der Waals surface area contributed by atoms with E-state index in [-0.39, 0.29) is 0 Å². The summed E-state index contributed by atoms with van der Waals surface area (Å²) in [6.45, 7) is 0. The number of fused-ring (bicyclic) bond motifs is 3. The van der Waals surface area contributed by atoms with Crippen LogP contribution in [-0.4, -0.2) is 14.8 Å². The Morgan fingerprint density at radius 1 is 1.46 bits per heavy atom. The van der Waals surface area contributed by atoms with Gasteiger partial charge in [-0.15, -0.1) is 0 Å². The zero-order valence-corrected chi connectivity index (χ0v) is 7.07. The van der Waals surface area contributed by atoms with E-state index in [0.717, 1.165) is 12.2 Å². The number of nitrogens with zero attached hydrogens (tertiary/aromatic N) is 2. The van der Waals surface area contributed by atoms with Crippen LogP contribution in [0.2, 0.25) is 0 Å². The topological polar surface area (TPSA) is 33.6 Å². The molecular formula is C10H9N3. The van der Waals surface area contributed by atoms with Crippen LogP contribution in [0.1, 0.15) is 11.3 Å². The number of hydrogen-bond donors (Lipinski definition) is 1. The number of nitrogens with one attached hydrogen (secondary N) is 1. The van der Waals surface area contributed by atoms with E-state index < -0.39 is 0 Å². The third kappa shape index (κ3) is 0.869. The van der Waals surface area contributed by atoms with Crippen LogP contribution in [0.25, 0.3) is 11.9 Å². The van der Waals surface area contributed by atoms with Crippen LogP contribution in [0.15, 0.2) is 30.6 Å². The van der Waals surface area contributed by atoms with Crippen molar-refractivity contribution in [3.8, 4) is 5.82 Å². The molecule has 3 nitrogen and oxygen atoms in total. The maximum absolute atomic E-state index is 4.04. The van der Waals surface area contributed by atoms with Crippen molar-refractivity contribution in [2.24, 2.45) is 0 Å². The monoisotopic (exact) mass is 171 g/mol. The van der Waals surface area contributed by atoms with Gasteiger partial charge in [-0.1, -0.05) is 6.08 Å². The average Bonchev–Trinajstić information content (AvgIpc) is 2.72. The molecule has 1 N–H and O–H groups in total. The van der Waals surface area contributed by atoms with Crippen molar-refractivity contribution in [3.05, 3.63) is 41.9 Å². The van der Waals surface area contributed by atoms with E-state index in [1.807, 2.05) is 18.5 Å². The maximum atomic E-state index is 4.04. The summed E-state index contributed by atoms with van der Waals surface area (Å²) < 4.78 is 2.12. The molecule has 13 heavy (non-hydrogen) atoms. The van der Waals surface area contributed by atoms with E-state index in [2.05, 4.69) is 33.0 Å². The van der Waals surface area contributed by atoms with Crippen molar-refractivity contribution in [2.45, 2.75) is 6.42 Å². The van der Waals surface area contributed by atoms with Crippen molar-refractivity contribution in [3.63, 3.8) is 0 Å². The lowest BCUT2D eigenvalue weighted by molar-refractivity contribution is 0.953. The summed E-state index contributed by atoms with van der Waals surface area (Å²) in [5, 5.41) is 7.06. The summed E-state index contributed by atoms with van der Waals surface area (Å²) in [5.41, 5.74) is 2.44. The second kappa shape index (κ2) is 2.36. The molecule has 0 saturated carbocycles. The molecule has 0 spiro atoms. The van der Waals surface area contributed by atoms with Gasteiger partial charge >= 0.3 is 0 Å². The van der Waals surface area contributed by atoms with Crippen LogP contribution in [0, 0.1) is 0 Å². The number of hydrogen-bond acceptors (Lipinski definition) is 1. The Kier molecular flexibility index (Phi) is 1.22. The van der Waals surface area contributed by atoms with E-state index in [0.29, 0.717) is 0 Å². The van der Waals surface area contributed by atoms with Gasteiger partial charge in [0, 0.05) is 17.5 Å². The molecular weight excluding hydrogens is 162 g/mol. The molecule has 0 radical (unpaired) electrons. The van der Waals surface area contributed by atoms with Gasteiger partial charge in [0.15, 0.2) is 0 Å². The molecule has 0 saturated heterocycles. The fourth-order valence-electron chi connectivity index (χ4n) is 1.70. The Morgan fingerprint density at radius 2 is 2.46 bits per heavy atom. The SMILES string of the molecule is C1=Cc2cccn2-c2[nH]ncc2C1. The van der Waals surface area contributed by atoms with E-state index in [9.17, 15) is 0 Å². The first-order valence-electron chi connectivity index (χ1n) is 4.32. The van der Waals surface area contributed by atoms with Crippen LogP contribution >= 0.6 is 0 Å². The Hall–Kier alpha value is -1.77. The zero-order chi connectivity index (χ0) is 8.67. The molecule has 0 fully saturated rings. The Bertz CT molecular complexity index is 462. The van der Waals surface area contributed by atoms with Crippen molar-refractivity contribution in [1.29, 1.82) is 0 Å². The highest BCUT2D eigenvalue weighted by Crippen LogP contribution is 2.19. The van der Waals surface area contributed by atoms with Gasteiger partial charge in [-0.25, -0.2) is 0 Å². The summed E-state index contributed by atoms with van der Waals surface area (Å²) in [6.07, 6.45) is 9.17. The van der Waals surface area contributed by atoms with E-state index in [4.69, 9.17) is 0 Å². The van der Waals surface area contributed by atoms with E-state index in [1.165, 1.54) is 11.3 Å². The average molecular weight is 171 g/mol. The number of aromatic nitrogens is 3. The van der Waals surface area contributed by atoms with Gasteiger partial charge in [-0.05, 0) is 24.6 Å². The van der Waals surface area contributed by atoms with E-state index in [1.54, 1.807) is 0 Å². The third-order valence-electron chi connectivity index (χ3n) is 2.34. The smallest absolute Gasteiger partial charge is 0.136 e. The van der Waals surface area contributed by atoms with Crippen LogP contribution in [-0.2, 0) is 6.42 Å². The minimum absolute atomic E-state index is 0.952. The normalized spacial score (nSPS) is 13.5. The van der Waals surface area contributed by atoms with E-state index >= 15 is 0 Å². The molecule has 0 amide bonds. The summed E-state index contributed by atoms with van der Waals surface area (Å²) in [6, 6.07) is 4.13. The number of rotatable bonds is 0. The van der Waals surface area contributed by atoms with Crippen LogP contribution in [0.3, 0.4) is 0 Å². The molecule has 1 aliphatic rings. The lowest BCUT2D eigenvalue weighted by atomic mass is 10.2.